The molecular weight excluding hydrogens is 479 g/mol. The number of nitrogens with zero attached hydrogens (tertiary/aromatic N) is 1. The molecule has 6 heteroatoms. The Kier molecular flexibility index (Phi) is 5.25. The molecule has 6 rings (SSSR count). The Morgan fingerprint density at radius 1 is 0.947 bits per heavy atom. The summed E-state index contributed by atoms with van der Waals surface area (Å²) in [6, 6.07) is 19.1. The molecule has 0 unspecified atom stereocenters. The van der Waals surface area contributed by atoms with E-state index in [9.17, 15) is 18.8 Å². The summed E-state index contributed by atoms with van der Waals surface area (Å²) in [6.07, 6.45) is 2.03. The van der Waals surface area contributed by atoms with Crippen molar-refractivity contribution >= 4 is 34.4 Å². The molecule has 1 spiro atoms. The van der Waals surface area contributed by atoms with Gasteiger partial charge in [-0.15, -0.1) is 0 Å². The van der Waals surface area contributed by atoms with Crippen LogP contribution in [0.25, 0.3) is 5.57 Å². The monoisotopic (exact) mass is 508 g/mol. The van der Waals surface area contributed by atoms with Gasteiger partial charge in [-0.1, -0.05) is 63.2 Å². The maximum absolute atomic E-state index is 14.6. The molecule has 0 saturated carbocycles. The van der Waals surface area contributed by atoms with Crippen LogP contribution in [0.1, 0.15) is 49.2 Å². The summed E-state index contributed by atoms with van der Waals surface area (Å²) in [5.74, 6) is -2.28. The summed E-state index contributed by atoms with van der Waals surface area (Å²) in [5.41, 5.74) is 2.24. The number of carbonyl (C=O) groups excluding carboxylic acids is 3. The molecule has 1 amide bonds. The topological polar surface area (TPSA) is 66.5 Å². The highest BCUT2D eigenvalue weighted by atomic mass is 19.1. The van der Waals surface area contributed by atoms with Crippen LogP contribution in [-0.2, 0) is 15.0 Å². The minimum absolute atomic E-state index is 0.125. The van der Waals surface area contributed by atoms with Crippen LogP contribution in [0.5, 0.6) is 0 Å². The smallest absolute Gasteiger partial charge is 0.238 e. The highest BCUT2D eigenvalue weighted by Crippen LogP contribution is 2.59. The normalized spacial score (nSPS) is 25.4. The molecule has 4 atom stereocenters. The van der Waals surface area contributed by atoms with Crippen LogP contribution in [0.4, 0.5) is 15.8 Å². The van der Waals surface area contributed by atoms with Gasteiger partial charge in [0.1, 0.15) is 17.3 Å². The first-order valence-corrected chi connectivity index (χ1v) is 12.9. The van der Waals surface area contributed by atoms with Crippen molar-refractivity contribution in [2.45, 2.75) is 45.2 Å². The summed E-state index contributed by atoms with van der Waals surface area (Å²) in [6.45, 7) is 7.52. The lowest BCUT2D eigenvalue weighted by Gasteiger charge is -2.39. The number of rotatable bonds is 3. The molecule has 0 aromatic heterocycles. The van der Waals surface area contributed by atoms with Crippen LogP contribution in [0.3, 0.4) is 0 Å². The fourth-order valence-corrected chi connectivity index (χ4v) is 6.62. The number of anilines is 2. The predicted octanol–water partition coefficient (Wildman–Crippen LogP) is 5.80. The third-order valence-electron chi connectivity index (χ3n) is 8.30. The minimum Gasteiger partial charge on any atom is -0.352 e. The zero-order valence-corrected chi connectivity index (χ0v) is 21.8. The quantitative estimate of drug-likeness (QED) is 0.454. The highest BCUT2D eigenvalue weighted by Gasteiger charge is 2.71. The van der Waals surface area contributed by atoms with E-state index in [0.29, 0.717) is 11.3 Å². The number of fused-ring (bicyclic) bond motifs is 6. The lowest BCUT2D eigenvalue weighted by Crippen LogP contribution is -2.51. The molecule has 0 aliphatic carbocycles. The number of allylic oxidation sites excluding steroid dienone is 1. The Labute approximate surface area is 221 Å². The summed E-state index contributed by atoms with van der Waals surface area (Å²) in [7, 11) is 0. The SMILES string of the molecule is CC1=C[C@@H]2N(c3ccccc31)[C@H](C(=O)C(C)(C)C)[C@H](C(=O)c1ccc(F)cc1)[C@]21C(=O)Nc2ccccc21. The first kappa shape index (κ1) is 24.3. The number of nitrogens with one attached hydrogen (secondary N) is 1. The van der Waals surface area contributed by atoms with Gasteiger partial charge in [0, 0.05) is 27.9 Å². The molecule has 3 aliphatic rings. The molecule has 3 aromatic carbocycles. The second-order valence-electron chi connectivity index (χ2n) is 11.5. The number of benzene rings is 3. The van der Waals surface area contributed by atoms with E-state index >= 15 is 0 Å². The van der Waals surface area contributed by atoms with Crippen LogP contribution in [0.2, 0.25) is 0 Å². The molecule has 1 saturated heterocycles. The average Bonchev–Trinajstić information content (AvgIpc) is 3.36. The maximum Gasteiger partial charge on any atom is 0.238 e. The highest BCUT2D eigenvalue weighted by molar-refractivity contribution is 6.17. The summed E-state index contributed by atoms with van der Waals surface area (Å²) < 4.78 is 13.8. The third-order valence-corrected chi connectivity index (χ3v) is 8.30. The van der Waals surface area contributed by atoms with Gasteiger partial charge in [0.05, 0.1) is 12.0 Å². The molecule has 3 heterocycles. The van der Waals surface area contributed by atoms with E-state index in [1.54, 1.807) is 0 Å². The van der Waals surface area contributed by atoms with Crippen LogP contribution >= 0.6 is 0 Å². The predicted molar refractivity (Wildman–Crippen MR) is 146 cm³/mol. The molecule has 1 N–H and O–H groups in total. The lowest BCUT2D eigenvalue weighted by atomic mass is 9.63. The fourth-order valence-electron chi connectivity index (χ4n) is 6.62. The van der Waals surface area contributed by atoms with Gasteiger partial charge in [0.2, 0.25) is 5.91 Å². The van der Waals surface area contributed by atoms with Crippen LogP contribution in [0, 0.1) is 17.2 Å². The van der Waals surface area contributed by atoms with Gasteiger partial charge < -0.3 is 10.2 Å². The first-order valence-electron chi connectivity index (χ1n) is 12.9. The number of amides is 1. The van der Waals surface area contributed by atoms with E-state index in [4.69, 9.17) is 0 Å². The fraction of sp³-hybridized carbons (Fsp3) is 0.281. The van der Waals surface area contributed by atoms with Gasteiger partial charge in [0.25, 0.3) is 0 Å². The number of hydrogen-bond acceptors (Lipinski definition) is 4. The van der Waals surface area contributed by atoms with Crippen molar-refractivity contribution in [2.24, 2.45) is 11.3 Å². The van der Waals surface area contributed by atoms with Gasteiger partial charge in [-0.25, -0.2) is 4.39 Å². The molecule has 0 bridgehead atoms. The standard InChI is InChI=1S/C32H29FN2O3/c1-18-17-25-32(22-10-6-7-11-23(22)34-30(32)38)26(28(36)19-13-15-20(33)16-14-19)27(29(37)31(2,3)4)35(25)24-12-8-5-9-21(18)24/h5-17,25-27H,1-4H3,(H,34,38)/t25-,26+,27-,32+/m0/s1. The lowest BCUT2D eigenvalue weighted by molar-refractivity contribution is -0.128. The zero-order chi connectivity index (χ0) is 27.0. The van der Waals surface area contributed by atoms with Crippen LogP contribution in [0.15, 0.2) is 78.9 Å². The van der Waals surface area contributed by atoms with Crippen molar-refractivity contribution < 1.29 is 18.8 Å². The Bertz CT molecular complexity index is 1530. The van der Waals surface area contributed by atoms with Crippen molar-refractivity contribution in [2.75, 3.05) is 10.2 Å². The summed E-state index contributed by atoms with van der Waals surface area (Å²) >= 11 is 0. The molecule has 38 heavy (non-hydrogen) atoms. The van der Waals surface area contributed by atoms with Crippen molar-refractivity contribution in [3.05, 3.63) is 101 Å². The van der Waals surface area contributed by atoms with E-state index in [-0.39, 0.29) is 23.0 Å². The average molecular weight is 509 g/mol. The number of para-hydroxylation sites is 2. The Morgan fingerprint density at radius 3 is 2.32 bits per heavy atom. The van der Waals surface area contributed by atoms with E-state index in [1.165, 1.54) is 24.3 Å². The zero-order valence-electron chi connectivity index (χ0n) is 21.8. The van der Waals surface area contributed by atoms with E-state index in [1.807, 2.05) is 87.2 Å². The number of Topliss-reactive ketones (excluding diaryl/α,β-unsaturated/α-hetero) is 2. The number of ketones is 2. The molecule has 192 valence electrons. The van der Waals surface area contributed by atoms with Crippen molar-refractivity contribution in [1.82, 2.24) is 0 Å². The third kappa shape index (κ3) is 3.19. The van der Waals surface area contributed by atoms with Crippen molar-refractivity contribution in [3.63, 3.8) is 0 Å². The van der Waals surface area contributed by atoms with Gasteiger partial charge >= 0.3 is 0 Å². The Hall–Kier alpha value is -4.06. The molecule has 3 aliphatic heterocycles. The first-order chi connectivity index (χ1) is 18.1. The van der Waals surface area contributed by atoms with Crippen LogP contribution in [-0.4, -0.2) is 29.6 Å². The summed E-state index contributed by atoms with van der Waals surface area (Å²) in [5, 5.41) is 3.03. The van der Waals surface area contributed by atoms with Gasteiger partial charge in [-0.05, 0) is 54.5 Å². The Morgan fingerprint density at radius 2 is 1.61 bits per heavy atom. The molecular formula is C32H29FN2O3. The molecule has 1 fully saturated rings. The second-order valence-corrected chi connectivity index (χ2v) is 11.5. The number of hydrogen-bond donors (Lipinski definition) is 1. The van der Waals surface area contributed by atoms with Gasteiger partial charge in [-0.3, -0.25) is 14.4 Å². The number of halogens is 1. The Balaban J connectivity index is 1.70. The van der Waals surface area contributed by atoms with Crippen molar-refractivity contribution in [1.29, 1.82) is 0 Å². The van der Waals surface area contributed by atoms with Crippen molar-refractivity contribution in [3.8, 4) is 0 Å². The molecule has 3 aromatic rings. The minimum atomic E-state index is -1.36. The molecule has 5 nitrogen and oxygen atoms in total. The maximum atomic E-state index is 14.6. The largest absolute Gasteiger partial charge is 0.352 e. The van der Waals surface area contributed by atoms with E-state index < -0.39 is 34.6 Å². The van der Waals surface area contributed by atoms with Gasteiger partial charge in [-0.2, -0.15) is 0 Å². The van der Waals surface area contributed by atoms with Gasteiger partial charge in [0.15, 0.2) is 11.6 Å². The second kappa shape index (κ2) is 8.22. The van der Waals surface area contributed by atoms with E-state index in [2.05, 4.69) is 5.32 Å². The summed E-state index contributed by atoms with van der Waals surface area (Å²) in [4.78, 5) is 45.2. The molecule has 0 radical (unpaired) electrons. The number of carbonyl (C=O) groups is 3. The van der Waals surface area contributed by atoms with Crippen LogP contribution < -0.4 is 10.2 Å². The van der Waals surface area contributed by atoms with E-state index in [0.717, 1.165) is 16.8 Å².